The van der Waals surface area contributed by atoms with E-state index >= 15 is 0 Å². The maximum absolute atomic E-state index is 13.2. The van der Waals surface area contributed by atoms with Gasteiger partial charge < -0.3 is 10.1 Å². The van der Waals surface area contributed by atoms with E-state index in [1.807, 2.05) is 0 Å². The number of benzene rings is 1. The van der Waals surface area contributed by atoms with Crippen LogP contribution in [0.2, 0.25) is 0 Å². The summed E-state index contributed by atoms with van der Waals surface area (Å²) in [5.41, 5.74) is 2.70. The minimum atomic E-state index is -0.393. The van der Waals surface area contributed by atoms with E-state index in [0.717, 1.165) is 22.2 Å². The van der Waals surface area contributed by atoms with Gasteiger partial charge in [0, 0.05) is 43.0 Å². The summed E-state index contributed by atoms with van der Waals surface area (Å²) in [7, 11) is 1.60. The lowest BCUT2D eigenvalue weighted by atomic mass is 10.0. The number of aromatic amines is 1. The van der Waals surface area contributed by atoms with Crippen molar-refractivity contribution < 1.29 is 13.9 Å². The van der Waals surface area contributed by atoms with Gasteiger partial charge in [-0.25, -0.2) is 14.2 Å². The zero-order chi connectivity index (χ0) is 19.5. The number of H-pyrrole nitrogens is 1. The van der Waals surface area contributed by atoms with Crippen LogP contribution in [0.15, 0.2) is 36.5 Å². The van der Waals surface area contributed by atoms with Crippen molar-refractivity contribution in [1.29, 1.82) is 0 Å². The number of aromatic nitrogens is 3. The molecule has 1 atom stereocenters. The quantitative estimate of drug-likeness (QED) is 0.577. The molecular weight excluding hydrogens is 361 g/mol. The lowest BCUT2D eigenvalue weighted by Gasteiger charge is -2.19. The number of carbonyl (C=O) groups excluding carboxylic acids is 1. The Balaban J connectivity index is 1.45. The van der Waals surface area contributed by atoms with Crippen molar-refractivity contribution in [3.8, 4) is 0 Å². The molecule has 2 heterocycles. The highest BCUT2D eigenvalue weighted by atomic mass is 19.1. The number of halogens is 1. The smallest absolute Gasteiger partial charge is 0.320 e. The van der Waals surface area contributed by atoms with Crippen LogP contribution in [0, 0.1) is 5.82 Å². The predicted molar refractivity (Wildman–Crippen MR) is 104 cm³/mol. The third kappa shape index (κ3) is 4.12. The zero-order valence-electron chi connectivity index (χ0n) is 15.5. The number of pyridine rings is 1. The second-order valence-electron chi connectivity index (χ2n) is 6.98. The van der Waals surface area contributed by atoms with Gasteiger partial charge in [-0.1, -0.05) is 12.1 Å². The average Bonchev–Trinajstić information content (AvgIpc) is 3.45. The molecule has 0 unspecified atom stereocenters. The SMILES string of the molecule is COCC[C@@H](NC(=O)Nc1cc2n[nH]c(C3CC3)c2cn1)c1ccc(F)cc1. The summed E-state index contributed by atoms with van der Waals surface area (Å²) in [6.07, 6.45) is 4.65. The molecule has 4 rings (SSSR count). The molecule has 7 nitrogen and oxygen atoms in total. The Hall–Kier alpha value is -3.00. The summed E-state index contributed by atoms with van der Waals surface area (Å²) in [5, 5.41) is 14.0. The van der Waals surface area contributed by atoms with Gasteiger partial charge in [-0.2, -0.15) is 5.10 Å². The van der Waals surface area contributed by atoms with Crippen molar-refractivity contribution in [2.24, 2.45) is 0 Å². The maximum atomic E-state index is 13.2. The van der Waals surface area contributed by atoms with Crippen LogP contribution in [0.4, 0.5) is 15.0 Å². The summed E-state index contributed by atoms with van der Waals surface area (Å²) in [5.74, 6) is 0.648. The molecule has 146 valence electrons. The van der Waals surface area contributed by atoms with Crippen LogP contribution in [0.25, 0.3) is 10.9 Å². The van der Waals surface area contributed by atoms with Crippen LogP contribution in [-0.2, 0) is 4.74 Å². The van der Waals surface area contributed by atoms with Gasteiger partial charge in [-0.15, -0.1) is 0 Å². The normalized spacial score (nSPS) is 14.8. The standard InChI is InChI=1S/C20H22FN5O2/c1-28-9-8-16(12-4-6-14(21)7-5-12)23-20(27)24-18-10-17-15(11-22-18)19(26-25-17)13-2-3-13/h4-7,10-11,13,16H,2-3,8-9H2,1H3,(H,25,26)(H2,22,23,24,27)/t16-/m1/s1. The van der Waals surface area contributed by atoms with E-state index in [2.05, 4.69) is 25.8 Å². The Morgan fingerprint density at radius 3 is 2.86 bits per heavy atom. The van der Waals surface area contributed by atoms with Crippen molar-refractivity contribution in [3.05, 3.63) is 53.6 Å². The molecule has 0 spiro atoms. The van der Waals surface area contributed by atoms with Crippen molar-refractivity contribution in [2.45, 2.75) is 31.2 Å². The first-order valence-electron chi connectivity index (χ1n) is 9.30. The Labute approximate surface area is 161 Å². The molecule has 1 saturated carbocycles. The molecule has 8 heteroatoms. The van der Waals surface area contributed by atoms with Gasteiger partial charge in [0.2, 0.25) is 0 Å². The number of rotatable bonds is 7. The van der Waals surface area contributed by atoms with Gasteiger partial charge >= 0.3 is 6.03 Å². The number of urea groups is 1. The molecule has 0 bridgehead atoms. The molecule has 1 aliphatic rings. The van der Waals surface area contributed by atoms with E-state index in [4.69, 9.17) is 4.74 Å². The minimum Gasteiger partial charge on any atom is -0.385 e. The first kappa shape index (κ1) is 18.4. The summed E-state index contributed by atoms with van der Waals surface area (Å²) < 4.78 is 18.3. The van der Waals surface area contributed by atoms with E-state index in [0.29, 0.717) is 24.8 Å². The van der Waals surface area contributed by atoms with E-state index in [9.17, 15) is 9.18 Å². The fourth-order valence-corrected chi connectivity index (χ4v) is 3.24. The molecule has 1 aromatic carbocycles. The van der Waals surface area contributed by atoms with Crippen molar-refractivity contribution in [3.63, 3.8) is 0 Å². The van der Waals surface area contributed by atoms with Crippen molar-refractivity contribution in [2.75, 3.05) is 19.0 Å². The molecule has 3 aromatic rings. The molecule has 1 aliphatic carbocycles. The summed E-state index contributed by atoms with van der Waals surface area (Å²) >= 11 is 0. The molecule has 3 N–H and O–H groups in total. The number of fused-ring (bicyclic) bond motifs is 1. The number of methoxy groups -OCH3 is 1. The number of hydrogen-bond donors (Lipinski definition) is 3. The van der Waals surface area contributed by atoms with Crippen LogP contribution >= 0.6 is 0 Å². The summed E-state index contributed by atoms with van der Waals surface area (Å²) in [4.78, 5) is 16.8. The number of carbonyl (C=O) groups is 1. The van der Waals surface area contributed by atoms with E-state index < -0.39 is 6.03 Å². The highest BCUT2D eigenvalue weighted by Crippen LogP contribution is 2.41. The number of nitrogens with one attached hydrogen (secondary N) is 3. The Kier molecular flexibility index (Phi) is 5.21. The Morgan fingerprint density at radius 1 is 1.36 bits per heavy atom. The molecule has 0 saturated heterocycles. The van der Waals surface area contributed by atoms with Crippen LogP contribution in [0.5, 0.6) is 0 Å². The predicted octanol–water partition coefficient (Wildman–Crippen LogP) is 3.87. The van der Waals surface area contributed by atoms with Crippen molar-refractivity contribution in [1.82, 2.24) is 20.5 Å². The lowest BCUT2D eigenvalue weighted by molar-refractivity contribution is 0.183. The largest absolute Gasteiger partial charge is 0.385 e. The monoisotopic (exact) mass is 383 g/mol. The molecule has 2 aromatic heterocycles. The highest BCUT2D eigenvalue weighted by molar-refractivity contribution is 5.91. The van der Waals surface area contributed by atoms with Crippen LogP contribution in [-0.4, -0.2) is 34.9 Å². The molecule has 2 amide bonds. The summed E-state index contributed by atoms with van der Waals surface area (Å²) in [6.45, 7) is 0.462. The lowest BCUT2D eigenvalue weighted by Crippen LogP contribution is -2.33. The van der Waals surface area contributed by atoms with Gasteiger partial charge in [0.25, 0.3) is 0 Å². The van der Waals surface area contributed by atoms with Crippen LogP contribution in [0.1, 0.15) is 42.5 Å². The second-order valence-corrected chi connectivity index (χ2v) is 6.98. The van der Waals surface area contributed by atoms with Crippen LogP contribution in [0.3, 0.4) is 0 Å². The number of hydrogen-bond acceptors (Lipinski definition) is 4. The number of ether oxygens (including phenoxy) is 1. The van der Waals surface area contributed by atoms with Gasteiger partial charge in [-0.3, -0.25) is 10.4 Å². The van der Waals surface area contributed by atoms with Crippen LogP contribution < -0.4 is 10.6 Å². The van der Waals surface area contributed by atoms with Gasteiger partial charge in [0.05, 0.1) is 11.6 Å². The first-order valence-corrected chi connectivity index (χ1v) is 9.30. The minimum absolute atomic E-state index is 0.309. The number of nitrogens with zero attached hydrogens (tertiary/aromatic N) is 2. The third-order valence-corrected chi connectivity index (χ3v) is 4.88. The van der Waals surface area contributed by atoms with Crippen molar-refractivity contribution >= 4 is 22.8 Å². The van der Waals surface area contributed by atoms with Gasteiger partial charge in [-0.05, 0) is 37.0 Å². The number of anilines is 1. The molecular formula is C20H22FN5O2. The molecule has 0 aliphatic heterocycles. The zero-order valence-corrected chi connectivity index (χ0v) is 15.5. The van der Waals surface area contributed by atoms with Gasteiger partial charge in [0.15, 0.2) is 0 Å². The third-order valence-electron chi connectivity index (χ3n) is 4.88. The Bertz CT molecular complexity index is 968. The average molecular weight is 383 g/mol. The van der Waals surface area contributed by atoms with E-state index in [-0.39, 0.29) is 11.9 Å². The fraction of sp³-hybridized carbons (Fsp3) is 0.350. The van der Waals surface area contributed by atoms with E-state index in [1.165, 1.54) is 25.0 Å². The number of amides is 2. The Morgan fingerprint density at radius 2 is 2.14 bits per heavy atom. The highest BCUT2D eigenvalue weighted by Gasteiger charge is 2.27. The molecule has 0 radical (unpaired) electrons. The molecule has 1 fully saturated rings. The molecule has 28 heavy (non-hydrogen) atoms. The topological polar surface area (TPSA) is 91.9 Å². The summed E-state index contributed by atoms with van der Waals surface area (Å²) in [6, 6.07) is 7.11. The van der Waals surface area contributed by atoms with E-state index in [1.54, 1.807) is 31.5 Å². The maximum Gasteiger partial charge on any atom is 0.320 e. The van der Waals surface area contributed by atoms with Gasteiger partial charge in [0.1, 0.15) is 11.6 Å². The second kappa shape index (κ2) is 7.93. The fourth-order valence-electron chi connectivity index (χ4n) is 3.24. The first-order chi connectivity index (χ1) is 13.6.